The largest absolute Gasteiger partial charge is 0.312 e. The minimum Gasteiger partial charge on any atom is -0.312 e. The zero-order valence-corrected chi connectivity index (χ0v) is 16.2. The van der Waals surface area contributed by atoms with Crippen LogP contribution in [0.1, 0.15) is 30.5 Å². The summed E-state index contributed by atoms with van der Waals surface area (Å²) in [5.41, 5.74) is 0. The van der Waals surface area contributed by atoms with Gasteiger partial charge in [0.25, 0.3) is 0 Å². The summed E-state index contributed by atoms with van der Waals surface area (Å²) in [7, 11) is -1.52. The fourth-order valence-corrected chi connectivity index (χ4v) is 5.77. The lowest BCUT2D eigenvalue weighted by Crippen LogP contribution is -2.34. The van der Waals surface area contributed by atoms with Crippen LogP contribution in [0.3, 0.4) is 0 Å². The number of hydrogen-bond acceptors (Lipinski definition) is 5. The minimum absolute atomic E-state index is 0.162. The van der Waals surface area contributed by atoms with Crippen LogP contribution in [0.15, 0.2) is 29.2 Å². The maximum Gasteiger partial charge on any atom is 0.244 e. The molecule has 1 fully saturated rings. The molecule has 1 atom stereocenters. The number of likely N-dealkylation sites (tertiary alicyclic amines) is 1. The molecular formula is C17H22ClN5O2S. The van der Waals surface area contributed by atoms with Gasteiger partial charge in [-0.1, -0.05) is 23.7 Å². The molecule has 0 bridgehead atoms. The lowest BCUT2D eigenvalue weighted by Gasteiger charge is -2.22. The van der Waals surface area contributed by atoms with Crippen molar-refractivity contribution in [1.29, 1.82) is 0 Å². The van der Waals surface area contributed by atoms with Gasteiger partial charge < -0.3 is 4.57 Å². The third kappa shape index (κ3) is 3.05. The third-order valence-electron chi connectivity index (χ3n) is 5.29. The van der Waals surface area contributed by atoms with Gasteiger partial charge in [0.05, 0.1) is 11.1 Å². The first-order chi connectivity index (χ1) is 12.5. The maximum atomic E-state index is 13.0. The van der Waals surface area contributed by atoms with E-state index in [0.29, 0.717) is 26.1 Å². The third-order valence-corrected chi connectivity index (χ3v) is 7.69. The van der Waals surface area contributed by atoms with E-state index in [0.717, 1.165) is 31.0 Å². The minimum atomic E-state index is -3.62. The summed E-state index contributed by atoms with van der Waals surface area (Å²) < 4.78 is 29.6. The van der Waals surface area contributed by atoms with Crippen molar-refractivity contribution in [2.45, 2.75) is 36.7 Å². The van der Waals surface area contributed by atoms with Gasteiger partial charge in [0.1, 0.15) is 16.5 Å². The smallest absolute Gasteiger partial charge is 0.244 e. The highest BCUT2D eigenvalue weighted by Crippen LogP contribution is 2.31. The van der Waals surface area contributed by atoms with Crippen molar-refractivity contribution in [2.24, 2.45) is 0 Å². The van der Waals surface area contributed by atoms with E-state index in [1.165, 1.54) is 4.31 Å². The van der Waals surface area contributed by atoms with Gasteiger partial charge in [0.15, 0.2) is 0 Å². The number of aromatic nitrogens is 3. The molecule has 0 unspecified atom stereocenters. The topological polar surface area (TPSA) is 71.3 Å². The van der Waals surface area contributed by atoms with Crippen molar-refractivity contribution in [3.63, 3.8) is 0 Å². The molecule has 140 valence electrons. The second kappa shape index (κ2) is 6.92. The Bertz CT molecular complexity index is 914. The SMILES string of the molecule is CN1CCC[C@H]1c1nnc2n1CCN(S(=O)(=O)c1ccccc1Cl)CC2. The Morgan fingerprint density at radius 2 is 1.92 bits per heavy atom. The Labute approximate surface area is 158 Å². The fraction of sp³-hybridized carbons (Fsp3) is 0.529. The molecule has 0 radical (unpaired) electrons. The highest BCUT2D eigenvalue weighted by Gasteiger charge is 2.32. The van der Waals surface area contributed by atoms with E-state index in [1.54, 1.807) is 24.3 Å². The van der Waals surface area contributed by atoms with Crippen LogP contribution in [0.4, 0.5) is 0 Å². The number of halogens is 1. The van der Waals surface area contributed by atoms with E-state index in [9.17, 15) is 8.42 Å². The predicted octanol–water partition coefficient (Wildman–Crippen LogP) is 1.95. The molecule has 0 amide bonds. The molecule has 2 aliphatic heterocycles. The summed E-state index contributed by atoms with van der Waals surface area (Å²) in [6.07, 6.45) is 2.76. The normalized spacial score (nSPS) is 22.3. The molecule has 0 N–H and O–H groups in total. The molecule has 1 aromatic heterocycles. The van der Waals surface area contributed by atoms with Gasteiger partial charge in [0, 0.05) is 26.1 Å². The van der Waals surface area contributed by atoms with Gasteiger partial charge in [-0.2, -0.15) is 4.31 Å². The number of sulfonamides is 1. The summed E-state index contributed by atoms with van der Waals surface area (Å²) in [5.74, 6) is 1.81. The van der Waals surface area contributed by atoms with Crippen LogP contribution in [-0.4, -0.2) is 59.1 Å². The summed E-state index contributed by atoms with van der Waals surface area (Å²) in [4.78, 5) is 2.45. The highest BCUT2D eigenvalue weighted by atomic mass is 35.5. The van der Waals surface area contributed by atoms with Gasteiger partial charge >= 0.3 is 0 Å². The highest BCUT2D eigenvalue weighted by molar-refractivity contribution is 7.89. The summed E-state index contributed by atoms with van der Waals surface area (Å²) >= 11 is 6.13. The second-order valence-corrected chi connectivity index (χ2v) is 9.16. The number of rotatable bonds is 3. The lowest BCUT2D eigenvalue weighted by molar-refractivity contribution is 0.295. The molecule has 0 aliphatic carbocycles. The van der Waals surface area contributed by atoms with Crippen molar-refractivity contribution < 1.29 is 8.42 Å². The number of nitrogens with zero attached hydrogens (tertiary/aromatic N) is 5. The lowest BCUT2D eigenvalue weighted by atomic mass is 10.2. The van der Waals surface area contributed by atoms with E-state index < -0.39 is 10.0 Å². The fourth-order valence-electron chi connectivity index (χ4n) is 3.84. The van der Waals surface area contributed by atoms with E-state index in [4.69, 9.17) is 11.6 Å². The molecule has 9 heteroatoms. The Kier molecular flexibility index (Phi) is 4.77. The first-order valence-corrected chi connectivity index (χ1v) is 10.7. The molecule has 7 nitrogen and oxygen atoms in total. The first-order valence-electron chi connectivity index (χ1n) is 8.85. The molecule has 1 saturated heterocycles. The molecule has 0 saturated carbocycles. The molecule has 4 rings (SSSR count). The Balaban J connectivity index is 1.59. The molecule has 3 heterocycles. The summed E-state index contributed by atoms with van der Waals surface area (Å²) in [6.45, 7) is 2.39. The van der Waals surface area contributed by atoms with E-state index in [2.05, 4.69) is 26.7 Å². The maximum absolute atomic E-state index is 13.0. The quantitative estimate of drug-likeness (QED) is 0.794. The van der Waals surface area contributed by atoms with Gasteiger partial charge in [0.2, 0.25) is 10.0 Å². The standard InChI is InChI=1S/C17H22ClN5O2S/c1-21-9-4-6-14(21)17-20-19-16-8-10-22(11-12-23(16)17)26(24,25)15-7-3-2-5-13(15)18/h2-3,5,7,14H,4,6,8-12H2,1H3/t14-/m0/s1. The van der Waals surface area contributed by atoms with E-state index in [-0.39, 0.29) is 16.0 Å². The Morgan fingerprint density at radius 1 is 1.12 bits per heavy atom. The van der Waals surface area contributed by atoms with Crippen LogP contribution in [0.25, 0.3) is 0 Å². The van der Waals surface area contributed by atoms with Crippen molar-refractivity contribution in [1.82, 2.24) is 24.0 Å². The average molecular weight is 396 g/mol. The zero-order chi connectivity index (χ0) is 18.3. The van der Waals surface area contributed by atoms with Gasteiger partial charge in [-0.15, -0.1) is 10.2 Å². The van der Waals surface area contributed by atoms with Crippen molar-refractivity contribution >= 4 is 21.6 Å². The van der Waals surface area contributed by atoms with Crippen LogP contribution in [0, 0.1) is 0 Å². The predicted molar refractivity (Wildman–Crippen MR) is 98.5 cm³/mol. The van der Waals surface area contributed by atoms with E-state index in [1.807, 2.05) is 0 Å². The van der Waals surface area contributed by atoms with Crippen molar-refractivity contribution in [2.75, 3.05) is 26.7 Å². The van der Waals surface area contributed by atoms with E-state index >= 15 is 0 Å². The molecule has 26 heavy (non-hydrogen) atoms. The van der Waals surface area contributed by atoms with Crippen LogP contribution >= 0.6 is 11.6 Å². The van der Waals surface area contributed by atoms with Gasteiger partial charge in [-0.25, -0.2) is 8.42 Å². The second-order valence-electron chi connectivity index (χ2n) is 6.85. The first kappa shape index (κ1) is 17.9. The molecule has 1 aromatic carbocycles. The van der Waals surface area contributed by atoms with Gasteiger partial charge in [-0.3, -0.25) is 4.90 Å². The monoisotopic (exact) mass is 395 g/mol. The molecule has 0 spiro atoms. The van der Waals surface area contributed by atoms with Crippen molar-refractivity contribution in [3.8, 4) is 0 Å². The zero-order valence-electron chi connectivity index (χ0n) is 14.7. The number of benzene rings is 1. The van der Waals surface area contributed by atoms with Gasteiger partial charge in [-0.05, 0) is 38.6 Å². The molecule has 2 aliphatic rings. The van der Waals surface area contributed by atoms with Crippen molar-refractivity contribution in [3.05, 3.63) is 40.9 Å². The number of fused-ring (bicyclic) bond motifs is 1. The van der Waals surface area contributed by atoms with Crippen LogP contribution in [-0.2, 0) is 23.0 Å². The Morgan fingerprint density at radius 3 is 2.65 bits per heavy atom. The van der Waals surface area contributed by atoms with Crippen LogP contribution in [0.5, 0.6) is 0 Å². The summed E-state index contributed by atoms with van der Waals surface area (Å²) in [5, 5.41) is 9.01. The number of hydrogen-bond donors (Lipinski definition) is 0. The average Bonchev–Trinajstić information content (AvgIpc) is 3.14. The Hall–Kier alpha value is -1.48. The van der Waals surface area contributed by atoms with Crippen LogP contribution < -0.4 is 0 Å². The summed E-state index contributed by atoms with van der Waals surface area (Å²) in [6, 6.07) is 6.86. The molecule has 2 aromatic rings. The van der Waals surface area contributed by atoms with Crippen LogP contribution in [0.2, 0.25) is 5.02 Å². The molecular weight excluding hydrogens is 374 g/mol.